The first kappa shape index (κ1) is 15.3. The van der Waals surface area contributed by atoms with Crippen molar-refractivity contribution in [1.82, 2.24) is 29.5 Å². The molecule has 1 aliphatic rings. The summed E-state index contributed by atoms with van der Waals surface area (Å²) in [5.41, 5.74) is 4.37. The minimum atomic E-state index is 0.0400. The third-order valence-electron chi connectivity index (χ3n) is 4.65. The molecule has 4 heterocycles. The van der Waals surface area contributed by atoms with Crippen LogP contribution >= 0.6 is 0 Å². The second-order valence-electron chi connectivity index (χ2n) is 6.37. The Balaban J connectivity index is 1.54. The fraction of sp³-hybridized carbons (Fsp3) is 0.471. The van der Waals surface area contributed by atoms with Gasteiger partial charge in [-0.05, 0) is 32.4 Å². The molecule has 1 aliphatic heterocycles. The summed E-state index contributed by atoms with van der Waals surface area (Å²) in [5.74, 6) is 0.759. The summed E-state index contributed by atoms with van der Waals surface area (Å²) in [6.07, 6.45) is 4.74. The van der Waals surface area contributed by atoms with Crippen LogP contribution in [-0.2, 0) is 18.3 Å². The smallest absolute Gasteiger partial charge is 0.234 e. The van der Waals surface area contributed by atoms with Crippen LogP contribution in [0.5, 0.6) is 0 Å². The highest BCUT2D eigenvalue weighted by Gasteiger charge is 2.31. The Hall–Kier alpha value is -2.25. The van der Waals surface area contributed by atoms with Gasteiger partial charge in [-0.3, -0.25) is 9.08 Å². The molecule has 0 unspecified atom stereocenters. The molecule has 0 aliphatic carbocycles. The van der Waals surface area contributed by atoms with E-state index in [1.165, 1.54) is 0 Å². The van der Waals surface area contributed by atoms with Gasteiger partial charge in [-0.2, -0.15) is 5.10 Å². The predicted molar refractivity (Wildman–Crippen MR) is 89.6 cm³/mol. The number of hydrogen-bond donors (Lipinski definition) is 1. The van der Waals surface area contributed by atoms with E-state index < -0.39 is 0 Å². The topological polar surface area (TPSA) is 69.3 Å². The minimum Gasteiger partial charge on any atom is -0.370 e. The lowest BCUT2D eigenvalue weighted by Gasteiger charge is -2.20. The Labute approximate surface area is 140 Å². The molecule has 0 spiro atoms. The summed E-state index contributed by atoms with van der Waals surface area (Å²) in [6.45, 7) is 5.58. The van der Waals surface area contributed by atoms with Crippen LogP contribution in [0.2, 0.25) is 0 Å². The first-order chi connectivity index (χ1) is 11.6. The zero-order valence-corrected chi connectivity index (χ0v) is 14.2. The Bertz CT molecular complexity index is 867. The molecule has 0 bridgehead atoms. The molecule has 7 nitrogen and oxygen atoms in total. The maximum atomic E-state index is 5.93. The number of aryl methyl sites for hydroxylation is 3. The fourth-order valence-electron chi connectivity index (χ4n) is 3.51. The van der Waals surface area contributed by atoms with Crippen molar-refractivity contribution in [3.8, 4) is 0 Å². The van der Waals surface area contributed by atoms with E-state index in [0.29, 0.717) is 0 Å². The van der Waals surface area contributed by atoms with Crippen LogP contribution in [-0.4, -0.2) is 36.8 Å². The molecule has 0 aromatic carbocycles. The highest BCUT2D eigenvalue weighted by molar-refractivity contribution is 5.35. The lowest BCUT2D eigenvalue weighted by molar-refractivity contribution is 0.0918. The van der Waals surface area contributed by atoms with Gasteiger partial charge < -0.3 is 10.1 Å². The largest absolute Gasteiger partial charge is 0.370 e. The van der Waals surface area contributed by atoms with Crippen molar-refractivity contribution in [3.05, 3.63) is 47.3 Å². The molecular weight excluding hydrogens is 304 g/mol. The minimum absolute atomic E-state index is 0.0400. The maximum absolute atomic E-state index is 5.93. The van der Waals surface area contributed by atoms with Gasteiger partial charge in [-0.15, -0.1) is 0 Å². The van der Waals surface area contributed by atoms with Crippen molar-refractivity contribution >= 4 is 5.78 Å². The van der Waals surface area contributed by atoms with Crippen molar-refractivity contribution in [3.63, 3.8) is 0 Å². The lowest BCUT2D eigenvalue weighted by Crippen LogP contribution is -2.32. The van der Waals surface area contributed by atoms with E-state index in [1.54, 1.807) is 0 Å². The van der Waals surface area contributed by atoms with Gasteiger partial charge in [0, 0.05) is 43.8 Å². The molecule has 2 atom stereocenters. The average molecular weight is 326 g/mol. The van der Waals surface area contributed by atoms with E-state index in [1.807, 2.05) is 37.1 Å². The van der Waals surface area contributed by atoms with E-state index in [0.717, 1.165) is 48.1 Å². The second-order valence-corrected chi connectivity index (χ2v) is 6.37. The molecule has 7 heteroatoms. The molecule has 1 fully saturated rings. The van der Waals surface area contributed by atoms with E-state index in [9.17, 15) is 0 Å². The van der Waals surface area contributed by atoms with Gasteiger partial charge in [0.2, 0.25) is 5.78 Å². The van der Waals surface area contributed by atoms with Crippen molar-refractivity contribution < 1.29 is 4.74 Å². The Morgan fingerprint density at radius 1 is 1.38 bits per heavy atom. The first-order valence-corrected chi connectivity index (χ1v) is 8.27. The Morgan fingerprint density at radius 2 is 2.25 bits per heavy atom. The van der Waals surface area contributed by atoms with Crippen molar-refractivity contribution in [2.75, 3.05) is 6.61 Å². The average Bonchev–Trinajstić information content (AvgIpc) is 3.24. The van der Waals surface area contributed by atoms with Crippen LogP contribution in [0, 0.1) is 13.8 Å². The van der Waals surface area contributed by atoms with Gasteiger partial charge in [0.05, 0.1) is 17.6 Å². The van der Waals surface area contributed by atoms with Crippen molar-refractivity contribution in [2.45, 2.75) is 39.0 Å². The Morgan fingerprint density at radius 3 is 3.04 bits per heavy atom. The molecular formula is C17H22N6O. The standard InChI is InChI=1S/C17H22N6O/c1-11-8-12(2)23-13(10-19-17(23)21-11)9-18-14-5-7-24-16(14)15-4-6-20-22(15)3/h4,6,8,10,14,16,18H,5,7,9H2,1-3H3/t14-,16-/m0/s1. The summed E-state index contributed by atoms with van der Waals surface area (Å²) < 4.78 is 9.92. The number of ether oxygens (including phenoxy) is 1. The van der Waals surface area contributed by atoms with Gasteiger partial charge in [0.1, 0.15) is 6.10 Å². The van der Waals surface area contributed by atoms with E-state index in [2.05, 4.69) is 37.8 Å². The third kappa shape index (κ3) is 2.59. The van der Waals surface area contributed by atoms with Gasteiger partial charge in [0.25, 0.3) is 0 Å². The number of fused-ring (bicyclic) bond motifs is 1. The maximum Gasteiger partial charge on any atom is 0.234 e. The van der Waals surface area contributed by atoms with Gasteiger partial charge in [0.15, 0.2) is 0 Å². The van der Waals surface area contributed by atoms with Crippen LogP contribution in [0.1, 0.15) is 35.3 Å². The number of nitrogens with zero attached hydrogens (tertiary/aromatic N) is 5. The van der Waals surface area contributed by atoms with E-state index >= 15 is 0 Å². The summed E-state index contributed by atoms with van der Waals surface area (Å²) in [6, 6.07) is 4.37. The predicted octanol–water partition coefficient (Wildman–Crippen LogP) is 1.70. The number of hydrogen-bond acceptors (Lipinski definition) is 5. The molecule has 1 saturated heterocycles. The lowest BCUT2D eigenvalue weighted by atomic mass is 10.1. The third-order valence-corrected chi connectivity index (χ3v) is 4.65. The molecule has 3 aromatic heterocycles. The monoisotopic (exact) mass is 326 g/mol. The van der Waals surface area contributed by atoms with E-state index in [-0.39, 0.29) is 12.1 Å². The molecule has 126 valence electrons. The summed E-state index contributed by atoms with van der Waals surface area (Å²) in [7, 11) is 1.95. The zero-order valence-electron chi connectivity index (χ0n) is 14.2. The van der Waals surface area contributed by atoms with Crippen LogP contribution in [0.4, 0.5) is 0 Å². The number of rotatable bonds is 4. The van der Waals surface area contributed by atoms with Gasteiger partial charge in [-0.25, -0.2) is 9.97 Å². The van der Waals surface area contributed by atoms with Gasteiger partial charge >= 0.3 is 0 Å². The molecule has 4 rings (SSSR count). The number of nitrogens with one attached hydrogen (secondary N) is 1. The Kier molecular flexibility index (Phi) is 3.82. The van der Waals surface area contributed by atoms with Crippen molar-refractivity contribution in [2.24, 2.45) is 7.05 Å². The highest BCUT2D eigenvalue weighted by atomic mass is 16.5. The molecule has 3 aromatic rings. The summed E-state index contributed by atoms with van der Waals surface area (Å²) in [5, 5.41) is 7.88. The normalized spacial score (nSPS) is 21.0. The SMILES string of the molecule is Cc1cc(C)n2c(CN[C@H]3CCO[C@@H]3c3ccnn3C)cnc2n1. The quantitative estimate of drug-likeness (QED) is 0.790. The van der Waals surface area contributed by atoms with Crippen LogP contribution < -0.4 is 5.32 Å². The molecule has 0 saturated carbocycles. The van der Waals surface area contributed by atoms with Crippen molar-refractivity contribution in [1.29, 1.82) is 0 Å². The molecule has 1 N–H and O–H groups in total. The molecule has 0 radical (unpaired) electrons. The molecule has 0 amide bonds. The fourth-order valence-corrected chi connectivity index (χ4v) is 3.51. The molecule has 24 heavy (non-hydrogen) atoms. The second kappa shape index (κ2) is 5.99. The van der Waals surface area contributed by atoms with Crippen LogP contribution in [0.3, 0.4) is 0 Å². The summed E-state index contributed by atoms with van der Waals surface area (Å²) in [4.78, 5) is 8.93. The van der Waals surface area contributed by atoms with Crippen LogP contribution in [0.25, 0.3) is 5.78 Å². The van der Waals surface area contributed by atoms with Crippen LogP contribution in [0.15, 0.2) is 24.5 Å². The zero-order chi connectivity index (χ0) is 16.7. The van der Waals surface area contributed by atoms with Gasteiger partial charge in [-0.1, -0.05) is 0 Å². The summed E-state index contributed by atoms with van der Waals surface area (Å²) >= 11 is 0. The first-order valence-electron chi connectivity index (χ1n) is 8.27. The number of aromatic nitrogens is 5. The van der Waals surface area contributed by atoms with E-state index in [4.69, 9.17) is 4.74 Å². The highest BCUT2D eigenvalue weighted by Crippen LogP contribution is 2.28. The number of imidazole rings is 1.